The fraction of sp³-hybridized carbons (Fsp3) is 0.312. The lowest BCUT2D eigenvalue weighted by Gasteiger charge is -2.17. The van der Waals surface area contributed by atoms with Crippen molar-refractivity contribution >= 4 is 17.5 Å². The molecule has 7 nitrogen and oxygen atoms in total. The van der Waals surface area contributed by atoms with Gasteiger partial charge in [-0.3, -0.25) is 14.3 Å². The second-order valence-electron chi connectivity index (χ2n) is 5.42. The lowest BCUT2D eigenvalue weighted by molar-refractivity contribution is -0.142. The minimum absolute atomic E-state index is 0.252. The quantitative estimate of drug-likeness (QED) is 0.844. The molecule has 2 aromatic rings. The Morgan fingerprint density at radius 2 is 1.88 bits per heavy atom. The van der Waals surface area contributed by atoms with Crippen LogP contribution in [0.2, 0.25) is 0 Å². The molecule has 0 saturated heterocycles. The number of carbonyl (C=O) groups excluding carboxylic acids is 2. The van der Waals surface area contributed by atoms with Gasteiger partial charge in [0.05, 0.1) is 13.7 Å². The van der Waals surface area contributed by atoms with Crippen LogP contribution in [0.25, 0.3) is 0 Å². The summed E-state index contributed by atoms with van der Waals surface area (Å²) in [5.74, 6) is -0.359. The number of aromatic nitrogens is 2. The van der Waals surface area contributed by atoms with E-state index in [4.69, 9.17) is 4.74 Å². The van der Waals surface area contributed by atoms with Crippen LogP contribution in [-0.2, 0) is 22.3 Å². The third-order valence-corrected chi connectivity index (χ3v) is 3.41. The number of hydrogen-bond acceptors (Lipinski definition) is 4. The smallest absolute Gasteiger partial charge is 0.435 e. The van der Waals surface area contributed by atoms with Crippen molar-refractivity contribution in [3.05, 3.63) is 42.2 Å². The summed E-state index contributed by atoms with van der Waals surface area (Å²) in [6, 6.07) is 7.40. The Morgan fingerprint density at radius 3 is 2.42 bits per heavy atom. The van der Waals surface area contributed by atoms with Gasteiger partial charge < -0.3 is 15.0 Å². The predicted molar refractivity (Wildman–Crippen MR) is 86.5 cm³/mol. The standard InChI is InChI=1S/C16H17F3N4O3/c1-22(9-14(24)20-11-3-5-12(26-2)6-4-11)15(25)10-23-8-7-13(21-23)16(17,18)19/h3-8H,9-10H2,1-2H3,(H,20,24). The molecule has 1 aromatic carbocycles. The summed E-state index contributed by atoms with van der Waals surface area (Å²) in [6.45, 7) is -0.652. The number of carbonyl (C=O) groups is 2. The van der Waals surface area contributed by atoms with Crippen LogP contribution in [0.1, 0.15) is 5.69 Å². The summed E-state index contributed by atoms with van der Waals surface area (Å²) >= 11 is 0. The van der Waals surface area contributed by atoms with Crippen molar-refractivity contribution in [1.29, 1.82) is 0 Å². The number of methoxy groups -OCH3 is 1. The van der Waals surface area contributed by atoms with Crippen LogP contribution >= 0.6 is 0 Å². The van der Waals surface area contributed by atoms with E-state index in [1.807, 2.05) is 0 Å². The van der Waals surface area contributed by atoms with E-state index >= 15 is 0 Å². The van der Waals surface area contributed by atoms with Crippen LogP contribution in [0.15, 0.2) is 36.5 Å². The van der Waals surface area contributed by atoms with Crippen molar-refractivity contribution in [2.75, 3.05) is 26.0 Å². The Morgan fingerprint density at radius 1 is 1.23 bits per heavy atom. The second kappa shape index (κ2) is 7.89. The summed E-state index contributed by atoms with van der Waals surface area (Å²) in [4.78, 5) is 25.1. The Labute approximate surface area is 147 Å². The molecule has 0 aliphatic carbocycles. The maximum Gasteiger partial charge on any atom is 0.435 e. The molecule has 0 spiro atoms. The van der Waals surface area contributed by atoms with Gasteiger partial charge in [0.1, 0.15) is 12.3 Å². The van der Waals surface area contributed by atoms with Crippen LogP contribution < -0.4 is 10.1 Å². The largest absolute Gasteiger partial charge is 0.497 e. The fourth-order valence-corrected chi connectivity index (χ4v) is 2.04. The van der Waals surface area contributed by atoms with Crippen molar-refractivity contribution in [3.8, 4) is 5.75 Å². The Hall–Kier alpha value is -3.04. The average Bonchev–Trinajstić information content (AvgIpc) is 3.04. The van der Waals surface area contributed by atoms with Crippen molar-refractivity contribution in [2.24, 2.45) is 0 Å². The van der Waals surface area contributed by atoms with E-state index in [1.54, 1.807) is 24.3 Å². The highest BCUT2D eigenvalue weighted by atomic mass is 19.4. The minimum Gasteiger partial charge on any atom is -0.497 e. The zero-order valence-corrected chi connectivity index (χ0v) is 14.1. The van der Waals surface area contributed by atoms with Crippen LogP contribution in [0.4, 0.5) is 18.9 Å². The van der Waals surface area contributed by atoms with Gasteiger partial charge in [-0.1, -0.05) is 0 Å². The SMILES string of the molecule is COc1ccc(NC(=O)CN(C)C(=O)Cn2ccc(C(F)(F)F)n2)cc1. The number of benzene rings is 1. The molecule has 10 heteroatoms. The molecule has 1 N–H and O–H groups in total. The zero-order valence-electron chi connectivity index (χ0n) is 14.1. The highest BCUT2D eigenvalue weighted by molar-refractivity contribution is 5.94. The molecule has 26 heavy (non-hydrogen) atoms. The monoisotopic (exact) mass is 370 g/mol. The van der Waals surface area contributed by atoms with Gasteiger partial charge in [0.15, 0.2) is 5.69 Å². The van der Waals surface area contributed by atoms with E-state index in [-0.39, 0.29) is 6.54 Å². The number of hydrogen-bond donors (Lipinski definition) is 1. The summed E-state index contributed by atoms with van der Waals surface area (Å²) in [6.07, 6.45) is -3.51. The molecule has 0 atom stereocenters. The van der Waals surface area contributed by atoms with E-state index in [2.05, 4.69) is 10.4 Å². The number of halogens is 3. The lowest BCUT2D eigenvalue weighted by atomic mass is 10.3. The second-order valence-corrected chi connectivity index (χ2v) is 5.42. The van der Waals surface area contributed by atoms with E-state index < -0.39 is 30.2 Å². The molecule has 1 aromatic heterocycles. The van der Waals surface area contributed by atoms with Crippen molar-refractivity contribution in [1.82, 2.24) is 14.7 Å². The van der Waals surface area contributed by atoms with Gasteiger partial charge in [-0.05, 0) is 30.3 Å². The molecular weight excluding hydrogens is 353 g/mol. The first-order valence-electron chi connectivity index (χ1n) is 7.47. The molecule has 1 heterocycles. The molecule has 0 bridgehead atoms. The van der Waals surface area contributed by atoms with E-state index in [1.165, 1.54) is 14.2 Å². The molecule has 0 radical (unpaired) electrons. The van der Waals surface area contributed by atoms with Crippen molar-refractivity contribution < 1.29 is 27.5 Å². The number of ether oxygens (including phenoxy) is 1. The van der Waals surface area contributed by atoms with Crippen molar-refractivity contribution in [2.45, 2.75) is 12.7 Å². The molecular formula is C16H17F3N4O3. The number of nitrogens with one attached hydrogen (secondary N) is 1. The maximum atomic E-state index is 12.5. The minimum atomic E-state index is -4.57. The van der Waals surface area contributed by atoms with Gasteiger partial charge in [-0.15, -0.1) is 0 Å². The number of anilines is 1. The van der Waals surface area contributed by atoms with Gasteiger partial charge in [0.2, 0.25) is 11.8 Å². The van der Waals surface area contributed by atoms with Gasteiger partial charge in [-0.25, -0.2) is 0 Å². The summed E-state index contributed by atoms with van der Waals surface area (Å²) < 4.78 is 43.4. The average molecular weight is 370 g/mol. The van der Waals surface area contributed by atoms with E-state index in [0.717, 1.165) is 21.8 Å². The fourth-order valence-electron chi connectivity index (χ4n) is 2.04. The topological polar surface area (TPSA) is 76.5 Å². The number of rotatable bonds is 6. The predicted octanol–water partition coefficient (Wildman–Crippen LogP) is 2.01. The molecule has 0 aliphatic heterocycles. The third-order valence-electron chi connectivity index (χ3n) is 3.41. The molecule has 0 aliphatic rings. The van der Waals surface area contributed by atoms with Crippen LogP contribution in [-0.4, -0.2) is 47.2 Å². The molecule has 140 valence electrons. The third kappa shape index (κ3) is 5.23. The number of alkyl halides is 3. The van der Waals surface area contributed by atoms with Crippen LogP contribution in [0.3, 0.4) is 0 Å². The summed E-state index contributed by atoms with van der Waals surface area (Å²) in [7, 11) is 2.90. The lowest BCUT2D eigenvalue weighted by Crippen LogP contribution is -2.37. The number of likely N-dealkylation sites (N-methyl/N-ethyl adjacent to an activating group) is 1. The number of nitrogens with zero attached hydrogens (tertiary/aromatic N) is 3. The highest BCUT2D eigenvalue weighted by Gasteiger charge is 2.33. The van der Waals surface area contributed by atoms with Gasteiger partial charge in [-0.2, -0.15) is 18.3 Å². The van der Waals surface area contributed by atoms with Gasteiger partial charge in [0.25, 0.3) is 0 Å². The molecule has 0 unspecified atom stereocenters. The number of amides is 2. The molecule has 0 saturated carbocycles. The highest BCUT2D eigenvalue weighted by Crippen LogP contribution is 2.27. The normalized spacial score (nSPS) is 11.1. The maximum absolute atomic E-state index is 12.5. The summed E-state index contributed by atoms with van der Waals surface area (Å²) in [5.41, 5.74) is -0.552. The first kappa shape index (κ1) is 19.3. The van der Waals surface area contributed by atoms with Crippen molar-refractivity contribution in [3.63, 3.8) is 0 Å². The summed E-state index contributed by atoms with van der Waals surface area (Å²) in [5, 5.41) is 5.91. The van der Waals surface area contributed by atoms with Gasteiger partial charge in [0, 0.05) is 18.9 Å². The Balaban J connectivity index is 1.87. The van der Waals surface area contributed by atoms with Crippen LogP contribution in [0, 0.1) is 0 Å². The molecule has 2 rings (SSSR count). The molecule has 0 fully saturated rings. The first-order valence-corrected chi connectivity index (χ1v) is 7.47. The Bertz CT molecular complexity index is 772. The van der Waals surface area contributed by atoms with E-state index in [0.29, 0.717) is 11.4 Å². The van der Waals surface area contributed by atoms with E-state index in [9.17, 15) is 22.8 Å². The zero-order chi connectivity index (χ0) is 19.3. The van der Waals surface area contributed by atoms with Crippen LogP contribution in [0.5, 0.6) is 5.75 Å². The molecule has 2 amide bonds. The van der Waals surface area contributed by atoms with Gasteiger partial charge >= 0.3 is 6.18 Å². The first-order chi connectivity index (χ1) is 12.2. The Kier molecular flexibility index (Phi) is 5.86.